The molecule has 1 aromatic heterocycles. The Morgan fingerprint density at radius 1 is 1.07 bits per heavy atom. The van der Waals surface area contributed by atoms with E-state index in [0.29, 0.717) is 17.7 Å². The first-order valence-corrected chi connectivity index (χ1v) is 9.55. The Morgan fingerprint density at radius 3 is 2.61 bits per heavy atom. The maximum atomic E-state index is 13.0. The SMILES string of the molecule is CCN1CCc2nc3ccccc3c(C(=O)OCC(=O)c3ccccc3)c2C1. The summed E-state index contributed by atoms with van der Waals surface area (Å²) >= 11 is 0. The number of carbonyl (C=O) groups excluding carboxylic acids is 2. The molecule has 0 bridgehead atoms. The molecule has 0 fully saturated rings. The van der Waals surface area contributed by atoms with Crippen LogP contribution in [-0.4, -0.2) is 41.3 Å². The summed E-state index contributed by atoms with van der Waals surface area (Å²) in [5.41, 5.74) is 3.73. The lowest BCUT2D eigenvalue weighted by Gasteiger charge is -2.28. The van der Waals surface area contributed by atoms with Gasteiger partial charge in [-0.25, -0.2) is 4.79 Å². The van der Waals surface area contributed by atoms with E-state index < -0.39 is 5.97 Å². The van der Waals surface area contributed by atoms with Gasteiger partial charge in [0.1, 0.15) is 0 Å². The van der Waals surface area contributed by atoms with E-state index in [4.69, 9.17) is 9.72 Å². The standard InChI is InChI=1S/C23H22N2O3/c1-2-25-13-12-20-18(14-25)22(17-10-6-7-11-19(17)24-20)23(27)28-15-21(26)16-8-4-3-5-9-16/h3-11H,2,12-15H2,1H3. The van der Waals surface area contributed by atoms with Crippen molar-refractivity contribution in [1.82, 2.24) is 9.88 Å². The van der Waals surface area contributed by atoms with E-state index in [1.54, 1.807) is 24.3 Å². The number of fused-ring (bicyclic) bond motifs is 2. The third-order valence-electron chi connectivity index (χ3n) is 5.21. The van der Waals surface area contributed by atoms with Gasteiger partial charge in [0, 0.05) is 41.7 Å². The van der Waals surface area contributed by atoms with Gasteiger partial charge in [0.05, 0.1) is 11.1 Å². The number of ether oxygens (including phenoxy) is 1. The van der Waals surface area contributed by atoms with Gasteiger partial charge in [0.25, 0.3) is 0 Å². The Balaban J connectivity index is 1.66. The number of benzene rings is 2. The number of esters is 1. The van der Waals surface area contributed by atoms with E-state index in [9.17, 15) is 9.59 Å². The van der Waals surface area contributed by atoms with Gasteiger partial charge in [-0.2, -0.15) is 0 Å². The van der Waals surface area contributed by atoms with Crippen molar-refractivity contribution >= 4 is 22.7 Å². The number of carbonyl (C=O) groups is 2. The second-order valence-electron chi connectivity index (χ2n) is 6.91. The van der Waals surface area contributed by atoms with Gasteiger partial charge in [-0.3, -0.25) is 14.7 Å². The van der Waals surface area contributed by atoms with Crippen LogP contribution in [0.4, 0.5) is 0 Å². The fraction of sp³-hybridized carbons (Fsp3) is 0.261. The predicted molar refractivity (Wildman–Crippen MR) is 107 cm³/mol. The molecule has 2 aromatic carbocycles. The summed E-state index contributed by atoms with van der Waals surface area (Å²) in [6, 6.07) is 16.5. The van der Waals surface area contributed by atoms with Crippen LogP contribution >= 0.6 is 0 Å². The lowest BCUT2D eigenvalue weighted by atomic mass is 9.96. The van der Waals surface area contributed by atoms with Crippen LogP contribution in [0, 0.1) is 0 Å². The second-order valence-corrected chi connectivity index (χ2v) is 6.91. The van der Waals surface area contributed by atoms with Crippen molar-refractivity contribution in [3.8, 4) is 0 Å². The predicted octanol–water partition coefficient (Wildman–Crippen LogP) is 3.65. The highest BCUT2D eigenvalue weighted by Crippen LogP contribution is 2.28. The monoisotopic (exact) mass is 374 g/mol. The zero-order chi connectivity index (χ0) is 19.5. The molecule has 2 heterocycles. The number of likely N-dealkylation sites (N-methyl/N-ethyl adjacent to an activating group) is 1. The van der Waals surface area contributed by atoms with Crippen LogP contribution in [0.5, 0.6) is 0 Å². The van der Waals surface area contributed by atoms with E-state index >= 15 is 0 Å². The minimum atomic E-state index is -0.461. The van der Waals surface area contributed by atoms with Crippen LogP contribution in [0.25, 0.3) is 10.9 Å². The van der Waals surface area contributed by atoms with E-state index in [1.165, 1.54) is 0 Å². The molecule has 0 N–H and O–H groups in total. The number of nitrogens with zero attached hydrogens (tertiary/aromatic N) is 2. The number of para-hydroxylation sites is 1. The van der Waals surface area contributed by atoms with Gasteiger partial charge < -0.3 is 4.74 Å². The molecule has 1 aliphatic heterocycles. The van der Waals surface area contributed by atoms with Crippen molar-refractivity contribution in [2.24, 2.45) is 0 Å². The van der Waals surface area contributed by atoms with Crippen LogP contribution in [0.1, 0.15) is 38.9 Å². The summed E-state index contributed by atoms with van der Waals surface area (Å²) in [5, 5.41) is 0.774. The second kappa shape index (κ2) is 7.90. The zero-order valence-corrected chi connectivity index (χ0v) is 15.9. The molecule has 1 aliphatic rings. The van der Waals surface area contributed by atoms with E-state index in [-0.39, 0.29) is 12.4 Å². The van der Waals surface area contributed by atoms with Gasteiger partial charge in [0.2, 0.25) is 0 Å². The van der Waals surface area contributed by atoms with Gasteiger partial charge >= 0.3 is 5.97 Å². The van der Waals surface area contributed by atoms with Crippen LogP contribution in [0.3, 0.4) is 0 Å². The maximum Gasteiger partial charge on any atom is 0.339 e. The third kappa shape index (κ3) is 3.53. The van der Waals surface area contributed by atoms with E-state index in [2.05, 4.69) is 11.8 Å². The molecular formula is C23H22N2O3. The number of Topliss-reactive ketones (excluding diaryl/α,β-unsaturated/α-hetero) is 1. The van der Waals surface area contributed by atoms with Crippen LogP contribution in [0.2, 0.25) is 0 Å². The minimum absolute atomic E-state index is 0.212. The molecule has 3 aromatic rings. The highest BCUT2D eigenvalue weighted by molar-refractivity contribution is 6.06. The molecule has 0 amide bonds. The Kier molecular flexibility index (Phi) is 5.17. The summed E-state index contributed by atoms with van der Waals surface area (Å²) < 4.78 is 5.45. The molecule has 28 heavy (non-hydrogen) atoms. The third-order valence-corrected chi connectivity index (χ3v) is 5.21. The fourth-order valence-electron chi connectivity index (χ4n) is 3.66. The van der Waals surface area contributed by atoms with Crippen LogP contribution < -0.4 is 0 Å². The molecular weight excluding hydrogens is 352 g/mol. The summed E-state index contributed by atoms with van der Waals surface area (Å²) in [6.45, 7) is 4.34. The van der Waals surface area contributed by atoms with Crippen LogP contribution in [0.15, 0.2) is 54.6 Å². The number of rotatable bonds is 5. The molecule has 5 nitrogen and oxygen atoms in total. The molecule has 0 saturated heterocycles. The average Bonchev–Trinajstić information content (AvgIpc) is 2.75. The average molecular weight is 374 g/mol. The molecule has 0 radical (unpaired) electrons. The van der Waals surface area contributed by atoms with Crippen LogP contribution in [-0.2, 0) is 17.7 Å². The fourth-order valence-corrected chi connectivity index (χ4v) is 3.66. The molecule has 0 spiro atoms. The van der Waals surface area contributed by atoms with Gasteiger partial charge in [-0.05, 0) is 12.6 Å². The first kappa shape index (κ1) is 18.3. The highest BCUT2D eigenvalue weighted by atomic mass is 16.5. The van der Waals surface area contributed by atoms with Crippen molar-refractivity contribution in [1.29, 1.82) is 0 Å². The Morgan fingerprint density at radius 2 is 1.82 bits per heavy atom. The maximum absolute atomic E-state index is 13.0. The van der Waals surface area contributed by atoms with E-state index in [1.807, 2.05) is 30.3 Å². The summed E-state index contributed by atoms with van der Waals surface area (Å²) in [7, 11) is 0. The minimum Gasteiger partial charge on any atom is -0.454 e. The molecule has 0 unspecified atom stereocenters. The summed E-state index contributed by atoms with van der Waals surface area (Å²) in [6.07, 6.45) is 0.803. The lowest BCUT2D eigenvalue weighted by molar-refractivity contribution is 0.0474. The van der Waals surface area contributed by atoms with Gasteiger partial charge in [-0.1, -0.05) is 55.5 Å². The summed E-state index contributed by atoms with van der Waals surface area (Å²) in [5.74, 6) is -0.673. The lowest BCUT2D eigenvalue weighted by Crippen LogP contribution is -2.32. The summed E-state index contributed by atoms with van der Waals surface area (Å²) in [4.78, 5) is 32.4. The normalized spacial score (nSPS) is 13.9. The van der Waals surface area contributed by atoms with Crippen molar-refractivity contribution in [2.45, 2.75) is 19.9 Å². The quantitative estimate of drug-likeness (QED) is 0.504. The molecule has 0 atom stereocenters. The topological polar surface area (TPSA) is 59.5 Å². The number of ketones is 1. The largest absolute Gasteiger partial charge is 0.454 e. The van der Waals surface area contributed by atoms with Crippen molar-refractivity contribution in [3.63, 3.8) is 0 Å². The first-order chi connectivity index (χ1) is 13.7. The Labute approximate surface area is 163 Å². The zero-order valence-electron chi connectivity index (χ0n) is 15.9. The first-order valence-electron chi connectivity index (χ1n) is 9.55. The van der Waals surface area contributed by atoms with Crippen molar-refractivity contribution in [2.75, 3.05) is 19.7 Å². The molecule has 0 saturated carbocycles. The highest BCUT2D eigenvalue weighted by Gasteiger charge is 2.26. The molecule has 0 aliphatic carbocycles. The van der Waals surface area contributed by atoms with Gasteiger partial charge in [-0.15, -0.1) is 0 Å². The number of aromatic nitrogens is 1. The molecule has 4 rings (SSSR count). The van der Waals surface area contributed by atoms with Gasteiger partial charge in [0.15, 0.2) is 12.4 Å². The number of pyridine rings is 1. The van der Waals surface area contributed by atoms with Crippen molar-refractivity contribution in [3.05, 3.63) is 77.0 Å². The molecule has 142 valence electrons. The van der Waals surface area contributed by atoms with Crippen molar-refractivity contribution < 1.29 is 14.3 Å². The number of hydrogen-bond acceptors (Lipinski definition) is 5. The van der Waals surface area contributed by atoms with E-state index in [0.717, 1.165) is 41.7 Å². The molecule has 5 heteroatoms. The number of hydrogen-bond donors (Lipinski definition) is 0. The smallest absolute Gasteiger partial charge is 0.339 e. The Bertz CT molecular complexity index is 1030. The Hall–Kier alpha value is -3.05.